The van der Waals surface area contributed by atoms with Crippen LogP contribution in [0.2, 0.25) is 0 Å². The van der Waals surface area contributed by atoms with E-state index in [-0.39, 0.29) is 18.1 Å². The van der Waals surface area contributed by atoms with Crippen molar-refractivity contribution >= 4 is 0 Å². The summed E-state index contributed by atoms with van der Waals surface area (Å²) >= 11 is 0. The number of nitrogens with one attached hydrogen (secondary N) is 1. The van der Waals surface area contributed by atoms with E-state index in [0.717, 1.165) is 37.7 Å². The molecule has 1 aliphatic rings. The first kappa shape index (κ1) is 17.9. The number of aliphatic hydroxyl groups is 1. The molecule has 2 aromatic rings. The zero-order valence-corrected chi connectivity index (χ0v) is 15.1. The van der Waals surface area contributed by atoms with Gasteiger partial charge in [-0.3, -0.25) is 4.90 Å². The van der Waals surface area contributed by atoms with Crippen LogP contribution in [0, 0.1) is 5.41 Å². The molecule has 1 heterocycles. The average Bonchev–Trinajstić information content (AvgIpc) is 2.64. The second-order valence-corrected chi connectivity index (χ2v) is 7.32. The topological polar surface area (TPSA) is 44.7 Å². The summed E-state index contributed by atoms with van der Waals surface area (Å²) in [5.41, 5.74) is 0.956. The Morgan fingerprint density at radius 3 is 2.40 bits per heavy atom. The number of rotatable bonds is 6. The van der Waals surface area contributed by atoms with Crippen LogP contribution >= 0.6 is 0 Å². The third kappa shape index (κ3) is 4.40. The van der Waals surface area contributed by atoms with Crippen molar-refractivity contribution in [3.8, 4) is 11.5 Å². The lowest BCUT2D eigenvalue weighted by Crippen LogP contribution is -2.49. The highest BCUT2D eigenvalue weighted by Gasteiger charge is 2.35. The quantitative estimate of drug-likeness (QED) is 0.845. The van der Waals surface area contributed by atoms with Crippen LogP contribution in [0.25, 0.3) is 0 Å². The van der Waals surface area contributed by atoms with E-state index < -0.39 is 0 Å². The number of piperazine rings is 1. The fraction of sp³-hybridized carbons (Fsp3) is 0.429. The predicted octanol–water partition coefficient (Wildman–Crippen LogP) is 3.44. The Labute approximate surface area is 150 Å². The molecule has 0 spiro atoms. The molecule has 4 heteroatoms. The van der Waals surface area contributed by atoms with Crippen molar-refractivity contribution in [2.45, 2.75) is 19.9 Å². The van der Waals surface area contributed by atoms with Crippen LogP contribution in [0.5, 0.6) is 11.5 Å². The maximum Gasteiger partial charge on any atom is 0.127 e. The molecule has 0 unspecified atom stereocenters. The Bertz CT molecular complexity index is 667. The molecule has 1 aliphatic heterocycles. The van der Waals surface area contributed by atoms with Gasteiger partial charge in [-0.05, 0) is 29.8 Å². The van der Waals surface area contributed by atoms with Gasteiger partial charge in [0.25, 0.3) is 0 Å². The molecule has 4 nitrogen and oxygen atoms in total. The fourth-order valence-electron chi connectivity index (χ4n) is 3.56. The molecule has 134 valence electrons. The second-order valence-electron chi connectivity index (χ2n) is 7.32. The Balaban J connectivity index is 1.88. The van der Waals surface area contributed by atoms with E-state index in [4.69, 9.17) is 4.74 Å². The van der Waals surface area contributed by atoms with Gasteiger partial charge in [-0.25, -0.2) is 0 Å². The van der Waals surface area contributed by atoms with E-state index in [1.165, 1.54) is 5.56 Å². The van der Waals surface area contributed by atoms with Crippen LogP contribution in [-0.4, -0.2) is 42.8 Å². The maximum absolute atomic E-state index is 9.99. The zero-order chi connectivity index (χ0) is 17.7. The summed E-state index contributed by atoms with van der Waals surface area (Å²) in [6, 6.07) is 18.3. The number of aliphatic hydroxyl groups excluding tert-OH is 1. The minimum absolute atomic E-state index is 0.144. The molecule has 2 N–H and O–H groups in total. The first-order chi connectivity index (χ1) is 12.1. The molecule has 0 bridgehead atoms. The molecule has 25 heavy (non-hydrogen) atoms. The first-order valence-corrected chi connectivity index (χ1v) is 8.99. The number of hydrogen-bond donors (Lipinski definition) is 2. The Hall–Kier alpha value is -1.88. The van der Waals surface area contributed by atoms with Crippen molar-refractivity contribution in [2.75, 3.05) is 32.8 Å². The molecule has 0 amide bonds. The van der Waals surface area contributed by atoms with Gasteiger partial charge in [0.05, 0.1) is 0 Å². The highest BCUT2D eigenvalue weighted by atomic mass is 16.5. The summed E-state index contributed by atoms with van der Waals surface area (Å²) in [7, 11) is 0. The minimum Gasteiger partial charge on any atom is -0.457 e. The zero-order valence-electron chi connectivity index (χ0n) is 15.1. The molecule has 3 rings (SSSR count). The van der Waals surface area contributed by atoms with Crippen molar-refractivity contribution < 1.29 is 9.84 Å². The van der Waals surface area contributed by atoms with E-state index >= 15 is 0 Å². The summed E-state index contributed by atoms with van der Waals surface area (Å²) in [6.45, 7) is 8.34. The van der Waals surface area contributed by atoms with Gasteiger partial charge in [-0.2, -0.15) is 0 Å². The van der Waals surface area contributed by atoms with Gasteiger partial charge in [-0.15, -0.1) is 0 Å². The highest BCUT2D eigenvalue weighted by Crippen LogP contribution is 2.39. The number of benzene rings is 2. The number of para-hydroxylation sites is 1. The molecule has 0 radical (unpaired) electrons. The molecule has 2 aromatic carbocycles. The lowest BCUT2D eigenvalue weighted by molar-refractivity contribution is 0.0304. The SMILES string of the molecule is CC(C)(CO)[C@H](c1cccc(Oc2ccccc2)c1)N1CCNCC1. The second kappa shape index (κ2) is 8.00. The van der Waals surface area contributed by atoms with Crippen molar-refractivity contribution in [2.24, 2.45) is 5.41 Å². The lowest BCUT2D eigenvalue weighted by Gasteiger charge is -2.43. The molecular weight excluding hydrogens is 312 g/mol. The van der Waals surface area contributed by atoms with Crippen LogP contribution in [0.3, 0.4) is 0 Å². The Kier molecular flexibility index (Phi) is 5.74. The van der Waals surface area contributed by atoms with Gasteiger partial charge in [0, 0.05) is 44.2 Å². The summed E-state index contributed by atoms with van der Waals surface area (Å²) in [4.78, 5) is 2.47. The third-order valence-corrected chi connectivity index (χ3v) is 4.82. The largest absolute Gasteiger partial charge is 0.457 e. The van der Waals surface area contributed by atoms with Crippen LogP contribution in [0.4, 0.5) is 0 Å². The summed E-state index contributed by atoms with van der Waals surface area (Å²) < 4.78 is 6.01. The van der Waals surface area contributed by atoms with Crippen molar-refractivity contribution in [3.63, 3.8) is 0 Å². The molecule has 0 saturated carbocycles. The number of ether oxygens (including phenoxy) is 1. The van der Waals surface area contributed by atoms with E-state index in [0.29, 0.717) is 0 Å². The standard InChI is InChI=1S/C21H28N2O2/c1-21(2,16-24)20(23-13-11-22-12-14-23)17-7-6-10-19(15-17)25-18-8-4-3-5-9-18/h3-10,15,20,22,24H,11-14,16H2,1-2H3/t20-/m0/s1. The van der Waals surface area contributed by atoms with E-state index in [9.17, 15) is 5.11 Å². The van der Waals surface area contributed by atoms with Gasteiger partial charge in [-0.1, -0.05) is 44.2 Å². The Morgan fingerprint density at radius 1 is 1.04 bits per heavy atom. The monoisotopic (exact) mass is 340 g/mol. The molecule has 1 fully saturated rings. The number of hydrogen-bond acceptors (Lipinski definition) is 4. The van der Waals surface area contributed by atoms with Gasteiger partial charge < -0.3 is 15.2 Å². The van der Waals surface area contributed by atoms with Crippen LogP contribution in [0.1, 0.15) is 25.5 Å². The highest BCUT2D eigenvalue weighted by molar-refractivity contribution is 5.35. The van der Waals surface area contributed by atoms with Crippen molar-refractivity contribution in [3.05, 3.63) is 60.2 Å². The van der Waals surface area contributed by atoms with Crippen LogP contribution in [-0.2, 0) is 0 Å². The predicted molar refractivity (Wildman–Crippen MR) is 101 cm³/mol. The Morgan fingerprint density at radius 2 is 1.72 bits per heavy atom. The van der Waals surface area contributed by atoms with Crippen LogP contribution in [0.15, 0.2) is 54.6 Å². The van der Waals surface area contributed by atoms with Crippen molar-refractivity contribution in [1.29, 1.82) is 0 Å². The molecule has 0 aromatic heterocycles. The van der Waals surface area contributed by atoms with Gasteiger partial charge in [0.2, 0.25) is 0 Å². The minimum atomic E-state index is -0.233. The number of nitrogens with zero attached hydrogens (tertiary/aromatic N) is 1. The molecule has 1 atom stereocenters. The maximum atomic E-state index is 9.99. The van der Waals surface area contributed by atoms with E-state index in [2.05, 4.69) is 36.2 Å². The summed E-state index contributed by atoms with van der Waals surface area (Å²) in [6.07, 6.45) is 0. The third-order valence-electron chi connectivity index (χ3n) is 4.82. The summed E-state index contributed by atoms with van der Waals surface area (Å²) in [5.74, 6) is 1.66. The van der Waals surface area contributed by atoms with E-state index in [1.807, 2.05) is 42.5 Å². The summed E-state index contributed by atoms with van der Waals surface area (Å²) in [5, 5.41) is 13.4. The lowest BCUT2D eigenvalue weighted by atomic mass is 9.79. The smallest absolute Gasteiger partial charge is 0.127 e. The average molecular weight is 340 g/mol. The first-order valence-electron chi connectivity index (χ1n) is 8.99. The molecular formula is C21H28N2O2. The fourth-order valence-corrected chi connectivity index (χ4v) is 3.56. The van der Waals surface area contributed by atoms with Crippen LogP contribution < -0.4 is 10.1 Å². The van der Waals surface area contributed by atoms with Crippen molar-refractivity contribution in [1.82, 2.24) is 10.2 Å². The molecule has 1 saturated heterocycles. The van der Waals surface area contributed by atoms with Gasteiger partial charge >= 0.3 is 0 Å². The van der Waals surface area contributed by atoms with Gasteiger partial charge in [0.15, 0.2) is 0 Å². The van der Waals surface area contributed by atoms with E-state index in [1.54, 1.807) is 0 Å². The molecule has 0 aliphatic carbocycles. The normalized spacial score (nSPS) is 17.2. The van der Waals surface area contributed by atoms with Gasteiger partial charge in [0.1, 0.15) is 11.5 Å².